The fraction of sp³-hybridized carbons (Fsp3) is 0.0526. The Morgan fingerprint density at radius 1 is 0.545 bits per heavy atom. The average molecular weight is 329 g/mol. The van der Waals surface area contributed by atoms with Crippen molar-refractivity contribution in [3.05, 3.63) is 91.0 Å². The highest BCUT2D eigenvalue weighted by molar-refractivity contribution is 7.96. The van der Waals surface area contributed by atoms with E-state index < -0.39 is 7.26 Å². The third-order valence-corrected chi connectivity index (χ3v) is 8.74. The first-order chi connectivity index (χ1) is 10.4. The van der Waals surface area contributed by atoms with Crippen molar-refractivity contribution in [3.63, 3.8) is 0 Å². The minimum Gasteiger partial charge on any atom is -0.870 e. The number of rotatable bonds is 4. The van der Waals surface area contributed by atoms with Gasteiger partial charge in [0.1, 0.15) is 28.8 Å². The summed E-state index contributed by atoms with van der Waals surface area (Å²) in [6.45, 7) is 0. The summed E-state index contributed by atoms with van der Waals surface area (Å²) in [7, 11) is -1.77. The molecule has 3 rings (SSSR count). The number of halogens is 1. The first kappa shape index (κ1) is 16.7. The summed E-state index contributed by atoms with van der Waals surface area (Å²) in [5, 5.41) is 3.99. The predicted molar refractivity (Wildman–Crippen MR) is 97.8 cm³/mol. The second-order valence-corrected chi connectivity index (χ2v) is 9.06. The van der Waals surface area contributed by atoms with Crippen LogP contribution in [0.4, 0.5) is 0 Å². The van der Waals surface area contributed by atoms with Crippen molar-refractivity contribution in [1.29, 1.82) is 0 Å². The Bertz CT molecular complexity index is 590. The van der Waals surface area contributed by atoms with Crippen LogP contribution in [0.15, 0.2) is 91.0 Å². The Morgan fingerprint density at radius 2 is 0.818 bits per heavy atom. The number of benzene rings is 3. The third kappa shape index (κ3) is 2.94. The van der Waals surface area contributed by atoms with E-state index in [9.17, 15) is 0 Å². The minimum absolute atomic E-state index is 0. The van der Waals surface area contributed by atoms with E-state index in [0.717, 1.165) is 0 Å². The molecule has 22 heavy (non-hydrogen) atoms. The minimum atomic E-state index is -1.77. The monoisotopic (exact) mass is 328 g/mol. The standard InChI is InChI=1S/C19H17ClP.H2O/c20-16-21(17-10-4-1-5-11-17,18-12-6-2-7-13-18)19-14-8-3-9-15-19;/h1-15H,16H2;1H2/q+1;/p-1. The molecule has 0 aliphatic carbocycles. The van der Waals surface area contributed by atoms with E-state index in [-0.39, 0.29) is 5.48 Å². The van der Waals surface area contributed by atoms with Crippen LogP contribution in [-0.2, 0) is 0 Å². The Balaban J connectivity index is 0.00000176. The van der Waals surface area contributed by atoms with Gasteiger partial charge in [0.25, 0.3) is 0 Å². The SMILES string of the molecule is ClC[P+](c1ccccc1)(c1ccccc1)c1ccccc1.[OH-]. The maximum Gasteiger partial charge on any atom is 0.146 e. The van der Waals surface area contributed by atoms with E-state index in [1.165, 1.54) is 15.9 Å². The van der Waals surface area contributed by atoms with Crippen LogP contribution in [0.2, 0.25) is 0 Å². The zero-order chi connectivity index (χ0) is 14.5. The van der Waals surface area contributed by atoms with Crippen molar-refractivity contribution < 1.29 is 5.48 Å². The molecule has 0 amide bonds. The van der Waals surface area contributed by atoms with Crippen LogP contribution in [0.25, 0.3) is 0 Å². The van der Waals surface area contributed by atoms with Gasteiger partial charge in [-0.25, -0.2) is 0 Å². The highest BCUT2D eigenvalue weighted by atomic mass is 35.5. The lowest BCUT2D eigenvalue weighted by Gasteiger charge is -2.25. The van der Waals surface area contributed by atoms with Crippen molar-refractivity contribution in [2.24, 2.45) is 0 Å². The number of alkyl halides is 1. The maximum absolute atomic E-state index is 6.58. The molecular weight excluding hydrogens is 311 g/mol. The van der Waals surface area contributed by atoms with Gasteiger partial charge in [0.2, 0.25) is 0 Å². The molecule has 0 saturated carbocycles. The number of hydrogen-bond acceptors (Lipinski definition) is 1. The van der Waals surface area contributed by atoms with Crippen LogP contribution >= 0.6 is 18.9 Å². The van der Waals surface area contributed by atoms with Gasteiger partial charge >= 0.3 is 0 Å². The first-order valence-electron chi connectivity index (χ1n) is 6.99. The largest absolute Gasteiger partial charge is 0.870 e. The summed E-state index contributed by atoms with van der Waals surface area (Å²) in [4.78, 5) is 0. The van der Waals surface area contributed by atoms with Gasteiger partial charge in [0.15, 0.2) is 0 Å². The van der Waals surface area contributed by atoms with Gasteiger partial charge in [0.05, 0.1) is 0 Å². The molecule has 0 fully saturated rings. The van der Waals surface area contributed by atoms with Crippen LogP contribution in [-0.4, -0.2) is 11.1 Å². The Kier molecular flexibility index (Phi) is 5.74. The highest BCUT2D eigenvalue weighted by Crippen LogP contribution is 2.55. The molecule has 0 unspecified atom stereocenters. The summed E-state index contributed by atoms with van der Waals surface area (Å²) in [6.07, 6.45) is 0. The van der Waals surface area contributed by atoms with Crippen molar-refractivity contribution in [1.82, 2.24) is 0 Å². The fourth-order valence-corrected chi connectivity index (χ4v) is 7.30. The molecule has 112 valence electrons. The van der Waals surface area contributed by atoms with Crippen LogP contribution in [0.1, 0.15) is 0 Å². The average Bonchev–Trinajstić information content (AvgIpc) is 2.59. The lowest BCUT2D eigenvalue weighted by Crippen LogP contribution is -2.32. The van der Waals surface area contributed by atoms with Crippen LogP contribution in [0, 0.1) is 0 Å². The molecule has 0 radical (unpaired) electrons. The Labute approximate surface area is 137 Å². The van der Waals surface area contributed by atoms with Crippen molar-refractivity contribution in [3.8, 4) is 0 Å². The molecule has 3 aromatic rings. The predicted octanol–water partition coefficient (Wildman–Crippen LogP) is 4.00. The summed E-state index contributed by atoms with van der Waals surface area (Å²) in [5.74, 6) is 0. The van der Waals surface area contributed by atoms with E-state index in [4.69, 9.17) is 11.6 Å². The van der Waals surface area contributed by atoms with Crippen molar-refractivity contribution in [2.75, 3.05) is 5.62 Å². The van der Waals surface area contributed by atoms with Gasteiger partial charge in [-0.1, -0.05) is 66.2 Å². The van der Waals surface area contributed by atoms with E-state index in [2.05, 4.69) is 91.0 Å². The zero-order valence-corrected chi connectivity index (χ0v) is 13.8. The van der Waals surface area contributed by atoms with Crippen molar-refractivity contribution in [2.45, 2.75) is 0 Å². The molecule has 1 N–H and O–H groups in total. The van der Waals surface area contributed by atoms with Crippen LogP contribution in [0.3, 0.4) is 0 Å². The summed E-state index contributed by atoms with van der Waals surface area (Å²) in [6, 6.07) is 32.0. The Morgan fingerprint density at radius 3 is 1.05 bits per heavy atom. The van der Waals surface area contributed by atoms with E-state index in [1.54, 1.807) is 0 Å². The zero-order valence-electron chi connectivity index (χ0n) is 12.1. The molecule has 3 aromatic carbocycles. The van der Waals surface area contributed by atoms with Gasteiger partial charge < -0.3 is 5.48 Å². The molecule has 0 saturated heterocycles. The molecular formula is C19H18ClOP. The molecule has 0 heterocycles. The summed E-state index contributed by atoms with van der Waals surface area (Å²) in [5.41, 5.74) is 0.616. The first-order valence-corrected chi connectivity index (χ1v) is 9.49. The van der Waals surface area contributed by atoms with Gasteiger partial charge in [-0.3, -0.25) is 0 Å². The van der Waals surface area contributed by atoms with E-state index >= 15 is 0 Å². The van der Waals surface area contributed by atoms with Crippen LogP contribution in [0.5, 0.6) is 0 Å². The second-order valence-electron chi connectivity index (χ2n) is 4.94. The highest BCUT2D eigenvalue weighted by Gasteiger charge is 2.44. The molecule has 0 spiro atoms. The lowest BCUT2D eigenvalue weighted by atomic mass is 10.4. The van der Waals surface area contributed by atoms with Crippen LogP contribution < -0.4 is 15.9 Å². The normalized spacial score (nSPS) is 10.8. The molecule has 0 aromatic heterocycles. The van der Waals surface area contributed by atoms with Gasteiger partial charge in [-0.2, -0.15) is 0 Å². The quantitative estimate of drug-likeness (QED) is 0.526. The molecule has 0 bridgehead atoms. The van der Waals surface area contributed by atoms with Gasteiger partial charge in [-0.15, -0.1) is 0 Å². The van der Waals surface area contributed by atoms with Gasteiger partial charge in [-0.05, 0) is 36.4 Å². The lowest BCUT2D eigenvalue weighted by molar-refractivity contribution is 0.824. The summed E-state index contributed by atoms with van der Waals surface area (Å²) >= 11 is 6.58. The van der Waals surface area contributed by atoms with Gasteiger partial charge in [0, 0.05) is 0 Å². The Hall–Kier alpha value is -1.66. The molecule has 0 aliphatic rings. The van der Waals surface area contributed by atoms with Crippen molar-refractivity contribution >= 4 is 34.8 Å². The van der Waals surface area contributed by atoms with E-state index in [0.29, 0.717) is 5.62 Å². The summed E-state index contributed by atoms with van der Waals surface area (Å²) < 4.78 is 0. The molecule has 0 aliphatic heterocycles. The second kappa shape index (κ2) is 7.56. The molecule has 0 atom stereocenters. The smallest absolute Gasteiger partial charge is 0.146 e. The number of hydrogen-bond donors (Lipinski definition) is 0. The topological polar surface area (TPSA) is 30.0 Å². The van der Waals surface area contributed by atoms with E-state index in [1.807, 2.05) is 0 Å². The molecule has 1 nitrogen and oxygen atoms in total. The maximum atomic E-state index is 6.58. The molecule has 3 heteroatoms. The third-order valence-electron chi connectivity index (χ3n) is 3.77. The fourth-order valence-electron chi connectivity index (χ4n) is 2.70.